The molecule has 0 aromatic heterocycles. The van der Waals surface area contributed by atoms with Gasteiger partial charge in [0, 0.05) is 5.88 Å². The second-order valence-electron chi connectivity index (χ2n) is 3.72. The summed E-state index contributed by atoms with van der Waals surface area (Å²) in [5.41, 5.74) is 0. The molecule has 1 aliphatic rings. The molecule has 1 aliphatic carbocycles. The van der Waals surface area contributed by atoms with Gasteiger partial charge in [0.05, 0.1) is 6.61 Å². The van der Waals surface area contributed by atoms with Gasteiger partial charge in [-0.2, -0.15) is 0 Å². The first-order valence-electron chi connectivity index (χ1n) is 5.16. The lowest BCUT2D eigenvalue weighted by atomic mass is 9.85. The largest absolute Gasteiger partial charge is 0.479 e. The van der Waals surface area contributed by atoms with Crippen molar-refractivity contribution in [2.24, 2.45) is 5.92 Å². The quantitative estimate of drug-likeness (QED) is 0.723. The molecule has 0 aromatic carbocycles. The van der Waals surface area contributed by atoms with Crippen molar-refractivity contribution in [1.82, 2.24) is 0 Å². The average Bonchev–Trinajstić information content (AvgIpc) is 2.19. The molecule has 1 saturated carbocycles. The van der Waals surface area contributed by atoms with E-state index in [1.807, 2.05) is 0 Å². The fraction of sp³-hybridized carbons (Fsp3) is 0.900. The van der Waals surface area contributed by atoms with Crippen LogP contribution < -0.4 is 0 Å². The monoisotopic (exact) mass is 220 g/mol. The third-order valence-corrected chi connectivity index (χ3v) is 2.85. The van der Waals surface area contributed by atoms with E-state index in [1.165, 1.54) is 6.42 Å². The average molecular weight is 221 g/mol. The highest BCUT2D eigenvalue weighted by atomic mass is 35.5. The zero-order chi connectivity index (χ0) is 10.4. The highest BCUT2D eigenvalue weighted by Crippen LogP contribution is 2.28. The van der Waals surface area contributed by atoms with Crippen LogP contribution in [0.3, 0.4) is 0 Å². The second-order valence-corrected chi connectivity index (χ2v) is 4.09. The molecule has 82 valence electrons. The van der Waals surface area contributed by atoms with Crippen molar-refractivity contribution in [3.63, 3.8) is 0 Å². The molecule has 1 rings (SSSR count). The minimum absolute atomic E-state index is 0.185. The maximum atomic E-state index is 10.9. The number of hydrogen-bond acceptors (Lipinski definition) is 2. The molecule has 0 aliphatic heterocycles. The van der Waals surface area contributed by atoms with E-state index in [2.05, 4.69) is 0 Å². The lowest BCUT2D eigenvalue weighted by molar-refractivity contribution is -0.154. The van der Waals surface area contributed by atoms with E-state index in [0.717, 1.165) is 25.7 Å². The van der Waals surface area contributed by atoms with Crippen LogP contribution >= 0.6 is 11.6 Å². The van der Waals surface area contributed by atoms with E-state index < -0.39 is 12.1 Å². The summed E-state index contributed by atoms with van der Waals surface area (Å²) < 4.78 is 5.26. The van der Waals surface area contributed by atoms with Crippen LogP contribution in [-0.4, -0.2) is 29.7 Å². The Hall–Kier alpha value is -0.280. The van der Waals surface area contributed by atoms with Gasteiger partial charge in [0.2, 0.25) is 0 Å². The van der Waals surface area contributed by atoms with Gasteiger partial charge in [0.25, 0.3) is 0 Å². The van der Waals surface area contributed by atoms with E-state index in [-0.39, 0.29) is 5.92 Å². The normalized spacial score (nSPS) is 20.6. The van der Waals surface area contributed by atoms with Gasteiger partial charge in [-0.1, -0.05) is 19.3 Å². The second kappa shape index (κ2) is 6.25. The minimum atomic E-state index is -0.845. The molecule has 1 fully saturated rings. The molecule has 0 amide bonds. The summed E-state index contributed by atoms with van der Waals surface area (Å²) in [6, 6.07) is 0. The summed E-state index contributed by atoms with van der Waals surface area (Å²) in [5, 5.41) is 8.98. The number of carboxylic acid groups (broad SMARTS) is 1. The third kappa shape index (κ3) is 3.46. The van der Waals surface area contributed by atoms with E-state index in [4.69, 9.17) is 21.4 Å². The molecular formula is C10H17ClO3. The maximum absolute atomic E-state index is 10.9. The topological polar surface area (TPSA) is 46.5 Å². The summed E-state index contributed by atoms with van der Waals surface area (Å²) in [4.78, 5) is 10.9. The summed E-state index contributed by atoms with van der Waals surface area (Å²) in [6.07, 6.45) is 4.77. The van der Waals surface area contributed by atoms with Gasteiger partial charge in [-0.15, -0.1) is 11.6 Å². The number of hydrogen-bond donors (Lipinski definition) is 1. The number of carbonyl (C=O) groups is 1. The van der Waals surface area contributed by atoms with E-state index in [9.17, 15) is 4.79 Å². The van der Waals surface area contributed by atoms with Crippen molar-refractivity contribution in [1.29, 1.82) is 0 Å². The first-order valence-corrected chi connectivity index (χ1v) is 5.69. The van der Waals surface area contributed by atoms with Gasteiger partial charge in [0.15, 0.2) is 6.10 Å². The summed E-state index contributed by atoms with van der Waals surface area (Å²) in [5.74, 6) is -0.303. The van der Waals surface area contributed by atoms with Crippen molar-refractivity contribution < 1.29 is 14.6 Å². The van der Waals surface area contributed by atoms with Crippen LogP contribution in [0.2, 0.25) is 0 Å². The van der Waals surface area contributed by atoms with Gasteiger partial charge in [-0.05, 0) is 18.8 Å². The first-order chi connectivity index (χ1) is 6.75. The standard InChI is InChI=1S/C10H17ClO3/c11-6-7-14-9(10(12)13)8-4-2-1-3-5-8/h8-9H,1-7H2,(H,12,13). The van der Waals surface area contributed by atoms with E-state index in [0.29, 0.717) is 12.5 Å². The van der Waals surface area contributed by atoms with Crippen molar-refractivity contribution in [3.05, 3.63) is 0 Å². The van der Waals surface area contributed by atoms with Crippen molar-refractivity contribution in [2.45, 2.75) is 38.2 Å². The molecule has 1 N–H and O–H groups in total. The third-order valence-electron chi connectivity index (χ3n) is 2.70. The minimum Gasteiger partial charge on any atom is -0.479 e. The predicted molar refractivity (Wildman–Crippen MR) is 54.7 cm³/mol. The molecule has 0 radical (unpaired) electrons. The van der Waals surface area contributed by atoms with E-state index in [1.54, 1.807) is 0 Å². The Kier molecular flexibility index (Phi) is 5.26. The molecule has 1 unspecified atom stereocenters. The molecule has 0 bridgehead atoms. The molecule has 14 heavy (non-hydrogen) atoms. The Balaban J connectivity index is 2.43. The van der Waals surface area contributed by atoms with E-state index >= 15 is 0 Å². The molecule has 0 saturated heterocycles. The fourth-order valence-corrected chi connectivity index (χ4v) is 2.11. The van der Waals surface area contributed by atoms with Crippen LogP contribution in [0.15, 0.2) is 0 Å². The smallest absolute Gasteiger partial charge is 0.333 e. The Bertz CT molecular complexity index is 178. The number of carboxylic acids is 1. The van der Waals surface area contributed by atoms with Gasteiger partial charge >= 0.3 is 5.97 Å². The lowest BCUT2D eigenvalue weighted by Crippen LogP contribution is -2.34. The highest BCUT2D eigenvalue weighted by molar-refractivity contribution is 6.17. The Morgan fingerprint density at radius 3 is 2.57 bits per heavy atom. The highest BCUT2D eigenvalue weighted by Gasteiger charge is 2.29. The molecule has 0 heterocycles. The number of halogens is 1. The lowest BCUT2D eigenvalue weighted by Gasteiger charge is -2.27. The zero-order valence-electron chi connectivity index (χ0n) is 8.25. The van der Waals surface area contributed by atoms with Gasteiger partial charge in [-0.3, -0.25) is 0 Å². The number of alkyl halides is 1. The van der Waals surface area contributed by atoms with Crippen LogP contribution in [0.4, 0.5) is 0 Å². The Morgan fingerprint density at radius 2 is 2.07 bits per heavy atom. The fourth-order valence-electron chi connectivity index (χ4n) is 2.02. The van der Waals surface area contributed by atoms with Gasteiger partial charge in [-0.25, -0.2) is 4.79 Å². The molecule has 0 aromatic rings. The first kappa shape index (κ1) is 11.8. The zero-order valence-corrected chi connectivity index (χ0v) is 9.00. The van der Waals surface area contributed by atoms with Crippen LogP contribution in [0.1, 0.15) is 32.1 Å². The van der Waals surface area contributed by atoms with Gasteiger partial charge in [0.1, 0.15) is 0 Å². The number of rotatable bonds is 5. The molecule has 3 nitrogen and oxygen atoms in total. The Labute approximate surface area is 89.4 Å². The van der Waals surface area contributed by atoms with Crippen LogP contribution in [0.5, 0.6) is 0 Å². The van der Waals surface area contributed by atoms with Crippen LogP contribution in [0, 0.1) is 5.92 Å². The van der Waals surface area contributed by atoms with Crippen LogP contribution in [-0.2, 0) is 9.53 Å². The SMILES string of the molecule is O=C(O)C(OCCCl)C1CCCCC1. The summed E-state index contributed by atoms with van der Waals surface area (Å²) in [7, 11) is 0. The number of ether oxygens (including phenoxy) is 1. The number of aliphatic carboxylic acids is 1. The van der Waals surface area contributed by atoms with Crippen molar-refractivity contribution >= 4 is 17.6 Å². The predicted octanol–water partition coefficient (Wildman–Crippen LogP) is 2.28. The van der Waals surface area contributed by atoms with Crippen molar-refractivity contribution in [3.8, 4) is 0 Å². The van der Waals surface area contributed by atoms with Crippen molar-refractivity contribution in [2.75, 3.05) is 12.5 Å². The molecular weight excluding hydrogens is 204 g/mol. The van der Waals surface area contributed by atoms with Crippen LogP contribution in [0.25, 0.3) is 0 Å². The summed E-state index contributed by atoms with van der Waals surface area (Å²) >= 11 is 5.47. The summed E-state index contributed by atoms with van der Waals surface area (Å²) in [6.45, 7) is 0.328. The molecule has 4 heteroatoms. The molecule has 0 spiro atoms. The van der Waals surface area contributed by atoms with Gasteiger partial charge < -0.3 is 9.84 Å². The molecule has 1 atom stereocenters. The Morgan fingerprint density at radius 1 is 1.43 bits per heavy atom. The maximum Gasteiger partial charge on any atom is 0.333 e.